The fourth-order valence-electron chi connectivity index (χ4n) is 5.05. The summed E-state index contributed by atoms with van der Waals surface area (Å²) in [5.41, 5.74) is 3.07. The predicted octanol–water partition coefficient (Wildman–Crippen LogP) is 5.59. The van der Waals surface area contributed by atoms with Crippen LogP contribution in [0.5, 0.6) is 0 Å². The molecule has 0 saturated carbocycles. The van der Waals surface area contributed by atoms with Crippen molar-refractivity contribution in [1.29, 1.82) is 0 Å². The Balaban J connectivity index is 1.70. The van der Waals surface area contributed by atoms with Crippen molar-refractivity contribution in [2.75, 3.05) is 11.3 Å². The fourth-order valence-corrected chi connectivity index (χ4v) is 7.68. The molecule has 6 nitrogen and oxygen atoms in total. The van der Waals surface area contributed by atoms with Crippen LogP contribution in [0.4, 0.5) is 5.69 Å². The summed E-state index contributed by atoms with van der Waals surface area (Å²) in [5, 5.41) is 9.60. The lowest BCUT2D eigenvalue weighted by Gasteiger charge is -2.36. The van der Waals surface area contributed by atoms with E-state index in [9.17, 15) is 18.3 Å². The Morgan fingerprint density at radius 3 is 2.44 bits per heavy atom. The minimum Gasteiger partial charge on any atom is -0.480 e. The molecule has 0 fully saturated rings. The highest BCUT2D eigenvalue weighted by Gasteiger charge is 2.51. The minimum atomic E-state index is -3.73. The molecular formula is C26H32N2O4S2. The molecular weight excluding hydrogens is 468 g/mol. The van der Waals surface area contributed by atoms with Crippen LogP contribution in [0.2, 0.25) is 0 Å². The van der Waals surface area contributed by atoms with Gasteiger partial charge in [0.2, 0.25) is 0 Å². The van der Waals surface area contributed by atoms with Gasteiger partial charge in [-0.15, -0.1) is 11.8 Å². The molecule has 0 radical (unpaired) electrons. The molecule has 2 aromatic rings. The van der Waals surface area contributed by atoms with Crippen molar-refractivity contribution in [3.8, 4) is 0 Å². The van der Waals surface area contributed by atoms with Crippen LogP contribution in [0.1, 0.15) is 47.0 Å². The molecule has 0 aromatic heterocycles. The molecule has 0 amide bonds. The van der Waals surface area contributed by atoms with Crippen molar-refractivity contribution in [2.45, 2.75) is 67.5 Å². The Labute approximate surface area is 206 Å². The minimum absolute atomic E-state index is 0.0332. The van der Waals surface area contributed by atoms with E-state index in [-0.39, 0.29) is 27.6 Å². The Morgan fingerprint density at radius 1 is 1.12 bits per heavy atom. The van der Waals surface area contributed by atoms with Gasteiger partial charge in [-0.1, -0.05) is 44.2 Å². The van der Waals surface area contributed by atoms with Gasteiger partial charge in [-0.25, -0.2) is 8.42 Å². The van der Waals surface area contributed by atoms with E-state index >= 15 is 0 Å². The number of benzene rings is 2. The highest BCUT2D eigenvalue weighted by Crippen LogP contribution is 2.56. The molecule has 1 aliphatic carbocycles. The van der Waals surface area contributed by atoms with Crippen molar-refractivity contribution in [3.05, 3.63) is 65.9 Å². The number of anilines is 1. The second kappa shape index (κ2) is 8.96. The molecule has 0 bridgehead atoms. The number of carbonyl (C=O) groups is 1. The normalized spacial score (nSPS) is 24.1. The van der Waals surface area contributed by atoms with Gasteiger partial charge in [-0.2, -0.15) is 0 Å². The smallest absolute Gasteiger partial charge is 0.323 e. The highest BCUT2D eigenvalue weighted by atomic mass is 32.2. The zero-order valence-corrected chi connectivity index (χ0v) is 21.7. The maximum Gasteiger partial charge on any atom is 0.323 e. The molecule has 2 N–H and O–H groups in total. The van der Waals surface area contributed by atoms with E-state index in [1.54, 1.807) is 48.2 Å². The van der Waals surface area contributed by atoms with Crippen molar-refractivity contribution in [3.63, 3.8) is 0 Å². The number of rotatable bonds is 7. The molecule has 2 atom stereocenters. The molecule has 2 aliphatic rings. The van der Waals surface area contributed by atoms with E-state index in [1.165, 1.54) is 5.57 Å². The summed E-state index contributed by atoms with van der Waals surface area (Å²) in [6.07, 6.45) is 2.79. The van der Waals surface area contributed by atoms with Crippen molar-refractivity contribution in [1.82, 2.24) is 4.90 Å². The first-order valence-corrected chi connectivity index (χ1v) is 13.8. The van der Waals surface area contributed by atoms with Gasteiger partial charge in [0.05, 0.1) is 15.3 Å². The molecule has 0 saturated heterocycles. The molecule has 1 aliphatic heterocycles. The number of nitrogens with one attached hydrogen (secondary N) is 1. The second-order valence-electron chi connectivity index (χ2n) is 10.1. The van der Waals surface area contributed by atoms with Crippen molar-refractivity contribution in [2.24, 2.45) is 5.41 Å². The van der Waals surface area contributed by atoms with Crippen LogP contribution in [0, 0.1) is 5.41 Å². The maximum absolute atomic E-state index is 13.0. The summed E-state index contributed by atoms with van der Waals surface area (Å²) in [6.45, 7) is 8.68. The van der Waals surface area contributed by atoms with Gasteiger partial charge in [0.15, 0.2) is 0 Å². The third-order valence-corrected chi connectivity index (χ3v) is 10.0. The third kappa shape index (κ3) is 4.70. The SMILES string of the molecule is CC1N(CC(=O)O)C2=C(CCC(C)(C)C2)C1(C)Sc1ccccc1NS(=O)(=O)c1ccccc1. The van der Waals surface area contributed by atoms with Crippen LogP contribution in [0.25, 0.3) is 0 Å². The second-order valence-corrected chi connectivity index (χ2v) is 13.3. The van der Waals surface area contributed by atoms with Gasteiger partial charge in [-0.3, -0.25) is 9.52 Å². The number of carboxylic acid groups (broad SMARTS) is 1. The molecule has 2 aromatic carbocycles. The standard InChI is InChI=1S/C26H32N2O4S2/c1-18-26(4,20-14-15-25(2,3)16-22(20)28(18)17-24(29)30)33-23-13-9-8-12-21(23)27-34(31,32)19-10-6-5-7-11-19/h5-13,18,27H,14-17H2,1-4H3,(H,29,30). The average molecular weight is 501 g/mol. The number of nitrogens with zero attached hydrogens (tertiary/aromatic N) is 1. The van der Waals surface area contributed by atoms with Crippen LogP contribution >= 0.6 is 11.8 Å². The molecule has 2 unspecified atom stereocenters. The number of sulfonamides is 1. The lowest BCUT2D eigenvalue weighted by molar-refractivity contribution is -0.138. The molecule has 182 valence electrons. The highest BCUT2D eigenvalue weighted by molar-refractivity contribution is 8.01. The third-order valence-electron chi connectivity index (χ3n) is 7.07. The van der Waals surface area contributed by atoms with Gasteiger partial charge in [0, 0.05) is 16.6 Å². The van der Waals surface area contributed by atoms with Crippen LogP contribution in [0.15, 0.2) is 75.7 Å². The van der Waals surface area contributed by atoms with Crippen LogP contribution in [-0.2, 0) is 14.8 Å². The van der Waals surface area contributed by atoms with E-state index in [2.05, 4.69) is 32.4 Å². The number of carboxylic acids is 1. The Hall–Kier alpha value is -2.45. The number of para-hydroxylation sites is 1. The largest absolute Gasteiger partial charge is 0.480 e. The number of thioether (sulfide) groups is 1. The van der Waals surface area contributed by atoms with Gasteiger partial charge in [0.1, 0.15) is 6.54 Å². The quantitative estimate of drug-likeness (QED) is 0.515. The zero-order valence-electron chi connectivity index (χ0n) is 20.0. The first kappa shape index (κ1) is 24.7. The summed E-state index contributed by atoms with van der Waals surface area (Å²) in [6, 6.07) is 15.7. The predicted molar refractivity (Wildman–Crippen MR) is 136 cm³/mol. The van der Waals surface area contributed by atoms with Crippen molar-refractivity contribution < 1.29 is 18.3 Å². The molecule has 0 spiro atoms. The van der Waals surface area contributed by atoms with Gasteiger partial charge >= 0.3 is 5.97 Å². The lowest BCUT2D eigenvalue weighted by atomic mass is 9.75. The lowest BCUT2D eigenvalue weighted by Crippen LogP contribution is -2.42. The summed E-state index contributed by atoms with van der Waals surface area (Å²) in [5.74, 6) is -0.840. The number of hydrogen-bond donors (Lipinski definition) is 2. The van der Waals surface area contributed by atoms with Gasteiger partial charge in [-0.05, 0) is 68.4 Å². The summed E-state index contributed by atoms with van der Waals surface area (Å²) in [7, 11) is -3.73. The van der Waals surface area contributed by atoms with E-state index in [1.807, 2.05) is 23.1 Å². The van der Waals surface area contributed by atoms with Crippen molar-refractivity contribution >= 4 is 33.4 Å². The first-order valence-electron chi connectivity index (χ1n) is 11.5. The fraction of sp³-hybridized carbons (Fsp3) is 0.423. The molecule has 8 heteroatoms. The Bertz CT molecular complexity index is 1220. The summed E-state index contributed by atoms with van der Waals surface area (Å²) < 4.78 is 28.4. The molecule has 34 heavy (non-hydrogen) atoms. The van der Waals surface area contributed by atoms with E-state index < -0.39 is 16.0 Å². The van der Waals surface area contributed by atoms with Gasteiger partial charge < -0.3 is 10.0 Å². The average Bonchev–Trinajstić information content (AvgIpc) is 2.95. The van der Waals surface area contributed by atoms with Crippen LogP contribution < -0.4 is 4.72 Å². The summed E-state index contributed by atoms with van der Waals surface area (Å²) >= 11 is 1.62. The first-order chi connectivity index (χ1) is 15.9. The van der Waals surface area contributed by atoms with Gasteiger partial charge in [0.25, 0.3) is 10.0 Å². The number of hydrogen-bond acceptors (Lipinski definition) is 5. The summed E-state index contributed by atoms with van der Waals surface area (Å²) in [4.78, 5) is 14.8. The maximum atomic E-state index is 13.0. The van der Waals surface area contributed by atoms with E-state index in [0.717, 1.165) is 29.9 Å². The number of aliphatic carboxylic acids is 1. The van der Waals surface area contributed by atoms with Crippen LogP contribution in [-0.4, -0.2) is 41.7 Å². The molecule has 1 heterocycles. The molecule has 4 rings (SSSR count). The Morgan fingerprint density at radius 2 is 1.76 bits per heavy atom. The monoisotopic (exact) mass is 500 g/mol. The zero-order chi connectivity index (χ0) is 24.7. The van der Waals surface area contributed by atoms with Crippen LogP contribution in [0.3, 0.4) is 0 Å². The number of allylic oxidation sites excluding steroid dienone is 1. The Kier molecular flexibility index (Phi) is 6.50. The topological polar surface area (TPSA) is 86.7 Å². The van der Waals surface area contributed by atoms with E-state index in [4.69, 9.17) is 0 Å². The van der Waals surface area contributed by atoms with E-state index in [0.29, 0.717) is 5.69 Å².